The number of benzene rings is 1. The summed E-state index contributed by atoms with van der Waals surface area (Å²) in [5.74, 6) is 1.16. The van der Waals surface area contributed by atoms with Gasteiger partial charge in [-0.2, -0.15) is 0 Å². The smallest absolute Gasteiger partial charge is 0.289 e. The molecule has 7 nitrogen and oxygen atoms in total. The lowest BCUT2D eigenvalue weighted by Crippen LogP contribution is -2.46. The largest absolute Gasteiger partial charge is 0.493 e. The van der Waals surface area contributed by atoms with Gasteiger partial charge in [0.2, 0.25) is 0 Å². The molecule has 2 aromatic rings. The van der Waals surface area contributed by atoms with Crippen LogP contribution in [-0.4, -0.2) is 50.1 Å². The fourth-order valence-corrected chi connectivity index (χ4v) is 3.53. The van der Waals surface area contributed by atoms with Crippen molar-refractivity contribution in [2.24, 2.45) is 0 Å². The second-order valence-corrected chi connectivity index (χ2v) is 6.88. The molecule has 0 bridgehead atoms. The molecule has 2 amide bonds. The van der Waals surface area contributed by atoms with Gasteiger partial charge in [-0.1, -0.05) is 6.08 Å². The molecule has 1 aromatic heterocycles. The van der Waals surface area contributed by atoms with E-state index in [0.717, 1.165) is 5.56 Å². The Balaban J connectivity index is 1.64. The molecule has 0 radical (unpaired) electrons. The van der Waals surface area contributed by atoms with Gasteiger partial charge in [-0.3, -0.25) is 9.59 Å². The summed E-state index contributed by atoms with van der Waals surface area (Å²) in [5, 5.41) is 3.06. The van der Waals surface area contributed by atoms with E-state index in [1.807, 2.05) is 0 Å². The second-order valence-electron chi connectivity index (χ2n) is 6.88. The summed E-state index contributed by atoms with van der Waals surface area (Å²) in [7, 11) is 3.12. The van der Waals surface area contributed by atoms with E-state index < -0.39 is 0 Å². The lowest BCUT2D eigenvalue weighted by molar-refractivity contribution is 0.0667. The number of likely N-dealkylation sites (tertiary alicyclic amines) is 1. The van der Waals surface area contributed by atoms with E-state index in [9.17, 15) is 9.59 Å². The normalized spacial score (nSPS) is 14.3. The van der Waals surface area contributed by atoms with Crippen LogP contribution in [0.15, 0.2) is 47.6 Å². The molecule has 3 rings (SSSR count). The quantitative estimate of drug-likeness (QED) is 0.725. The van der Waals surface area contributed by atoms with Gasteiger partial charge >= 0.3 is 0 Å². The van der Waals surface area contributed by atoms with E-state index in [2.05, 4.69) is 11.9 Å². The molecule has 1 aromatic carbocycles. The molecular weight excluding hydrogens is 372 g/mol. The van der Waals surface area contributed by atoms with Crippen LogP contribution in [0.2, 0.25) is 0 Å². The first kappa shape index (κ1) is 20.5. The predicted molar refractivity (Wildman–Crippen MR) is 109 cm³/mol. The van der Waals surface area contributed by atoms with Crippen molar-refractivity contribution in [2.45, 2.75) is 25.3 Å². The number of nitrogens with one attached hydrogen (secondary N) is 1. The molecule has 1 N–H and O–H groups in total. The number of carbonyl (C=O) groups excluding carboxylic acids is 2. The number of amides is 2. The number of hydrogen-bond acceptors (Lipinski definition) is 5. The fraction of sp³-hybridized carbons (Fsp3) is 0.364. The third kappa shape index (κ3) is 4.62. The van der Waals surface area contributed by atoms with Gasteiger partial charge in [0.25, 0.3) is 11.8 Å². The first-order valence-corrected chi connectivity index (χ1v) is 9.56. The van der Waals surface area contributed by atoms with E-state index in [0.29, 0.717) is 55.2 Å². The Hall–Kier alpha value is -3.22. The van der Waals surface area contributed by atoms with Crippen molar-refractivity contribution in [3.8, 4) is 11.5 Å². The second kappa shape index (κ2) is 9.32. The minimum Gasteiger partial charge on any atom is -0.493 e. The highest BCUT2D eigenvalue weighted by Crippen LogP contribution is 2.33. The summed E-state index contributed by atoms with van der Waals surface area (Å²) in [6.45, 7) is 4.89. The molecule has 1 saturated heterocycles. The summed E-state index contributed by atoms with van der Waals surface area (Å²) in [6.07, 6.45) is 5.18. The van der Waals surface area contributed by atoms with Gasteiger partial charge in [0.05, 0.1) is 20.5 Å². The SMILES string of the molecule is C=CCc1cc(C(=O)NC2CCN(C(=O)c3ccco3)CC2)cc(OC)c1OC. The minimum absolute atomic E-state index is 0.000832. The molecular formula is C22H26N2O5. The van der Waals surface area contributed by atoms with E-state index in [1.165, 1.54) is 6.26 Å². The Morgan fingerprint density at radius 2 is 2.03 bits per heavy atom. The van der Waals surface area contributed by atoms with Gasteiger partial charge in [-0.15, -0.1) is 6.58 Å². The van der Waals surface area contributed by atoms with Crippen molar-refractivity contribution < 1.29 is 23.5 Å². The molecule has 7 heteroatoms. The Labute approximate surface area is 170 Å². The van der Waals surface area contributed by atoms with Crippen molar-refractivity contribution in [3.05, 3.63) is 60.1 Å². The highest BCUT2D eigenvalue weighted by Gasteiger charge is 2.26. The van der Waals surface area contributed by atoms with Crippen LogP contribution in [-0.2, 0) is 6.42 Å². The lowest BCUT2D eigenvalue weighted by Gasteiger charge is -2.32. The number of piperidine rings is 1. The van der Waals surface area contributed by atoms with Gasteiger partial charge < -0.3 is 24.1 Å². The number of methoxy groups -OCH3 is 2. The topological polar surface area (TPSA) is 81.0 Å². The van der Waals surface area contributed by atoms with Crippen molar-refractivity contribution in [2.75, 3.05) is 27.3 Å². The van der Waals surface area contributed by atoms with Crippen LogP contribution in [0.1, 0.15) is 39.3 Å². The van der Waals surface area contributed by atoms with Gasteiger partial charge in [-0.05, 0) is 43.5 Å². The van der Waals surface area contributed by atoms with Gasteiger partial charge in [0, 0.05) is 30.3 Å². The van der Waals surface area contributed by atoms with Gasteiger partial charge in [-0.25, -0.2) is 0 Å². The Bertz CT molecular complexity index is 868. The molecule has 1 aliphatic heterocycles. The van der Waals surface area contributed by atoms with Crippen molar-refractivity contribution >= 4 is 11.8 Å². The zero-order chi connectivity index (χ0) is 20.8. The van der Waals surface area contributed by atoms with Crippen LogP contribution in [0, 0.1) is 0 Å². The van der Waals surface area contributed by atoms with E-state index in [1.54, 1.807) is 49.5 Å². The first-order valence-electron chi connectivity index (χ1n) is 9.56. The number of allylic oxidation sites excluding steroid dienone is 1. The van der Waals surface area contributed by atoms with E-state index in [4.69, 9.17) is 13.9 Å². The standard InChI is InChI=1S/C22H26N2O5/c1-4-6-15-13-16(14-19(27-2)20(15)28-3)21(25)23-17-8-10-24(11-9-17)22(26)18-7-5-12-29-18/h4-5,7,12-14,17H,1,6,8-11H2,2-3H3,(H,23,25). The molecule has 0 unspecified atom stereocenters. The summed E-state index contributed by atoms with van der Waals surface area (Å²) >= 11 is 0. The molecule has 0 spiro atoms. The Morgan fingerprint density at radius 3 is 2.62 bits per heavy atom. The Kier molecular flexibility index (Phi) is 6.59. The van der Waals surface area contributed by atoms with Gasteiger partial charge in [0.1, 0.15) is 0 Å². The summed E-state index contributed by atoms with van der Waals surface area (Å²) in [6, 6.07) is 6.83. The van der Waals surface area contributed by atoms with Crippen LogP contribution in [0.3, 0.4) is 0 Å². The van der Waals surface area contributed by atoms with Crippen LogP contribution in [0.4, 0.5) is 0 Å². The average molecular weight is 398 g/mol. The van der Waals surface area contributed by atoms with Crippen molar-refractivity contribution in [1.82, 2.24) is 10.2 Å². The van der Waals surface area contributed by atoms with Crippen molar-refractivity contribution in [1.29, 1.82) is 0 Å². The zero-order valence-corrected chi connectivity index (χ0v) is 16.8. The zero-order valence-electron chi connectivity index (χ0n) is 16.8. The number of carbonyl (C=O) groups is 2. The summed E-state index contributed by atoms with van der Waals surface area (Å²) in [4.78, 5) is 26.9. The number of rotatable bonds is 7. The molecule has 154 valence electrons. The van der Waals surface area contributed by atoms with Gasteiger partial charge in [0.15, 0.2) is 17.3 Å². The number of hydrogen-bond donors (Lipinski definition) is 1. The van der Waals surface area contributed by atoms with E-state index in [-0.39, 0.29) is 17.9 Å². The molecule has 0 atom stereocenters. The third-order valence-corrected chi connectivity index (χ3v) is 5.03. The van der Waals surface area contributed by atoms with Crippen LogP contribution in [0.25, 0.3) is 0 Å². The van der Waals surface area contributed by atoms with Crippen LogP contribution in [0.5, 0.6) is 11.5 Å². The first-order chi connectivity index (χ1) is 14.1. The molecule has 1 aliphatic rings. The third-order valence-electron chi connectivity index (χ3n) is 5.03. The maximum absolute atomic E-state index is 12.8. The number of nitrogens with zero attached hydrogens (tertiary/aromatic N) is 1. The van der Waals surface area contributed by atoms with E-state index >= 15 is 0 Å². The highest BCUT2D eigenvalue weighted by atomic mass is 16.5. The number of ether oxygens (including phenoxy) is 2. The summed E-state index contributed by atoms with van der Waals surface area (Å²) < 4.78 is 16.0. The Morgan fingerprint density at radius 1 is 1.28 bits per heavy atom. The minimum atomic E-state index is -0.174. The van der Waals surface area contributed by atoms with Crippen LogP contribution < -0.4 is 14.8 Å². The summed E-state index contributed by atoms with van der Waals surface area (Å²) in [5.41, 5.74) is 1.35. The predicted octanol–water partition coefficient (Wildman–Crippen LogP) is 3.06. The molecule has 2 heterocycles. The highest BCUT2D eigenvalue weighted by molar-refractivity contribution is 5.95. The fourth-order valence-electron chi connectivity index (χ4n) is 3.53. The van der Waals surface area contributed by atoms with Crippen LogP contribution >= 0.6 is 0 Å². The molecule has 0 aliphatic carbocycles. The number of furan rings is 1. The molecule has 29 heavy (non-hydrogen) atoms. The molecule has 0 saturated carbocycles. The van der Waals surface area contributed by atoms with Crippen molar-refractivity contribution in [3.63, 3.8) is 0 Å². The average Bonchev–Trinajstić information content (AvgIpc) is 3.28. The maximum Gasteiger partial charge on any atom is 0.289 e. The molecule has 1 fully saturated rings. The lowest BCUT2D eigenvalue weighted by atomic mass is 10.0. The monoisotopic (exact) mass is 398 g/mol. The maximum atomic E-state index is 12.8.